The van der Waals surface area contributed by atoms with E-state index in [9.17, 15) is 4.79 Å². The Labute approximate surface area is 251 Å². The van der Waals surface area contributed by atoms with Crippen molar-refractivity contribution in [3.05, 3.63) is 75.5 Å². The number of benzene rings is 2. The Morgan fingerprint density at radius 2 is 1.85 bits per heavy atom. The van der Waals surface area contributed by atoms with Gasteiger partial charge in [-0.2, -0.15) is 0 Å². The van der Waals surface area contributed by atoms with Crippen molar-refractivity contribution in [2.45, 2.75) is 57.2 Å². The minimum atomic E-state index is 0.0520. The van der Waals surface area contributed by atoms with Crippen LogP contribution in [0.1, 0.15) is 61.3 Å². The standard InChI is InChI=1S/C33H35Cl2N3O3/c1-38-12-10-19(11-13-38)21-4-2-5-24(15-21)36-33(39)29-22-14-23(29)17-25(16-22)40-18-26-31(37-41-32(26)20-8-9-20)30-27(34)6-3-7-28(30)35/h2-7,10,15,20,22-23,25,29H,8-9,11-14,16-18H2,1H3,(H,36,39). The molecule has 1 amide bonds. The van der Waals surface area contributed by atoms with Gasteiger partial charge in [0.05, 0.1) is 22.8 Å². The molecular weight excluding hydrogens is 557 g/mol. The van der Waals surface area contributed by atoms with E-state index in [-0.39, 0.29) is 17.9 Å². The van der Waals surface area contributed by atoms with Gasteiger partial charge in [-0.3, -0.25) is 4.79 Å². The second-order valence-electron chi connectivity index (χ2n) is 12.2. The number of anilines is 1. The number of halogens is 2. The highest BCUT2D eigenvalue weighted by atomic mass is 35.5. The van der Waals surface area contributed by atoms with E-state index in [2.05, 4.69) is 40.6 Å². The van der Waals surface area contributed by atoms with Crippen LogP contribution in [0.2, 0.25) is 10.0 Å². The van der Waals surface area contributed by atoms with Crippen LogP contribution in [0.4, 0.5) is 5.69 Å². The monoisotopic (exact) mass is 591 g/mol. The van der Waals surface area contributed by atoms with Crippen LogP contribution in [-0.2, 0) is 16.1 Å². The van der Waals surface area contributed by atoms with E-state index >= 15 is 0 Å². The summed E-state index contributed by atoms with van der Waals surface area (Å²) in [4.78, 5) is 15.7. The van der Waals surface area contributed by atoms with Crippen molar-refractivity contribution in [1.29, 1.82) is 0 Å². The minimum absolute atomic E-state index is 0.0520. The van der Waals surface area contributed by atoms with Gasteiger partial charge >= 0.3 is 0 Å². The Morgan fingerprint density at radius 1 is 1.10 bits per heavy atom. The van der Waals surface area contributed by atoms with Crippen molar-refractivity contribution in [1.82, 2.24) is 10.1 Å². The van der Waals surface area contributed by atoms with Gasteiger partial charge in [0.2, 0.25) is 5.91 Å². The first-order valence-electron chi connectivity index (χ1n) is 14.8. The molecule has 2 bridgehead atoms. The van der Waals surface area contributed by atoms with Crippen LogP contribution in [0.25, 0.3) is 16.8 Å². The summed E-state index contributed by atoms with van der Waals surface area (Å²) in [5, 5.41) is 8.72. The lowest BCUT2D eigenvalue weighted by molar-refractivity contribution is -0.142. The average molecular weight is 593 g/mol. The first-order chi connectivity index (χ1) is 19.9. The largest absolute Gasteiger partial charge is 0.373 e. The molecule has 2 unspecified atom stereocenters. The molecule has 4 aliphatic carbocycles. The second kappa shape index (κ2) is 11.2. The zero-order valence-corrected chi connectivity index (χ0v) is 24.8. The molecule has 1 aliphatic heterocycles. The lowest BCUT2D eigenvalue weighted by atomic mass is 9.56. The van der Waals surface area contributed by atoms with Gasteiger partial charge < -0.3 is 19.5 Å². The molecule has 4 saturated carbocycles. The van der Waals surface area contributed by atoms with Crippen LogP contribution in [0.5, 0.6) is 0 Å². The lowest BCUT2D eigenvalue weighted by Crippen LogP contribution is -2.51. The van der Waals surface area contributed by atoms with E-state index in [0.29, 0.717) is 45.7 Å². The zero-order valence-electron chi connectivity index (χ0n) is 23.2. The molecule has 1 N–H and O–H groups in total. The fourth-order valence-electron chi connectivity index (χ4n) is 7.00. The highest BCUT2D eigenvalue weighted by Crippen LogP contribution is 2.52. The third-order valence-electron chi connectivity index (χ3n) is 9.40. The Balaban J connectivity index is 0.992. The number of carbonyl (C=O) groups is 1. The van der Waals surface area contributed by atoms with Gasteiger partial charge in [-0.15, -0.1) is 0 Å². The number of rotatable bonds is 8. The molecule has 0 spiro atoms. The maximum Gasteiger partial charge on any atom is 0.228 e. The van der Waals surface area contributed by atoms with Gasteiger partial charge in [-0.25, -0.2) is 0 Å². The van der Waals surface area contributed by atoms with Gasteiger partial charge in [-0.05, 0) is 92.8 Å². The van der Waals surface area contributed by atoms with Crippen molar-refractivity contribution >= 4 is 40.4 Å². The smallest absolute Gasteiger partial charge is 0.228 e. The molecule has 4 fully saturated rings. The topological polar surface area (TPSA) is 67.6 Å². The van der Waals surface area contributed by atoms with E-state index in [1.807, 2.05) is 30.3 Å². The number of nitrogens with zero attached hydrogens (tertiary/aromatic N) is 2. The number of hydrogen-bond donors (Lipinski definition) is 1. The predicted octanol–water partition coefficient (Wildman–Crippen LogP) is 7.81. The van der Waals surface area contributed by atoms with Crippen LogP contribution in [0.15, 0.2) is 53.1 Å². The van der Waals surface area contributed by atoms with Gasteiger partial charge in [0, 0.05) is 41.7 Å². The van der Waals surface area contributed by atoms with Crippen molar-refractivity contribution in [3.8, 4) is 11.3 Å². The quantitative estimate of drug-likeness (QED) is 0.289. The Kier molecular flexibility index (Phi) is 7.44. The van der Waals surface area contributed by atoms with Crippen LogP contribution < -0.4 is 5.32 Å². The Bertz CT molecular complexity index is 1460. The van der Waals surface area contributed by atoms with Gasteiger partial charge in [0.1, 0.15) is 11.5 Å². The highest BCUT2D eigenvalue weighted by Gasteiger charge is 2.51. The third-order valence-corrected chi connectivity index (χ3v) is 10.0. The van der Waals surface area contributed by atoms with Crippen molar-refractivity contribution in [3.63, 3.8) is 0 Å². The molecule has 214 valence electrons. The third kappa shape index (κ3) is 5.48. The first kappa shape index (κ1) is 27.2. The molecule has 2 aromatic carbocycles. The van der Waals surface area contributed by atoms with Crippen molar-refractivity contribution < 1.29 is 14.1 Å². The molecule has 2 heterocycles. The number of ether oxygens (including phenoxy) is 1. The highest BCUT2D eigenvalue weighted by molar-refractivity contribution is 6.39. The number of aromatic nitrogens is 1. The van der Waals surface area contributed by atoms with Crippen LogP contribution in [0, 0.1) is 17.8 Å². The number of hydrogen-bond acceptors (Lipinski definition) is 5. The summed E-state index contributed by atoms with van der Waals surface area (Å²) in [7, 11) is 2.14. The fraction of sp³-hybridized carbons (Fsp3) is 0.455. The van der Waals surface area contributed by atoms with Gasteiger partial charge in [0.25, 0.3) is 0 Å². The molecule has 3 aromatic rings. The summed E-state index contributed by atoms with van der Waals surface area (Å²) in [6.07, 6.45) is 8.51. The number of carbonyl (C=O) groups excluding carboxylic acids is 1. The second-order valence-corrected chi connectivity index (χ2v) is 13.1. The molecule has 0 radical (unpaired) electrons. The summed E-state index contributed by atoms with van der Waals surface area (Å²) >= 11 is 13.0. The van der Waals surface area contributed by atoms with Gasteiger partial charge in [0.15, 0.2) is 0 Å². The van der Waals surface area contributed by atoms with Crippen LogP contribution in [0.3, 0.4) is 0 Å². The summed E-state index contributed by atoms with van der Waals surface area (Å²) in [6, 6.07) is 13.8. The molecule has 41 heavy (non-hydrogen) atoms. The molecule has 2 atom stereocenters. The van der Waals surface area contributed by atoms with Gasteiger partial charge in [-0.1, -0.05) is 52.6 Å². The van der Waals surface area contributed by atoms with Crippen LogP contribution in [-0.4, -0.2) is 42.2 Å². The molecule has 6 nitrogen and oxygen atoms in total. The SMILES string of the molecule is CN1CC=C(c2cccc(NC(=O)C3C4CC(OCc5c(-c6c(Cl)cccc6Cl)noc5C5CC5)CC3C4)c2)CC1. The number of nitrogens with one attached hydrogen (secondary N) is 1. The summed E-state index contributed by atoms with van der Waals surface area (Å²) in [5.41, 5.74) is 5.78. The molecule has 1 aromatic heterocycles. The fourth-order valence-corrected chi connectivity index (χ4v) is 7.57. The minimum Gasteiger partial charge on any atom is -0.373 e. The molecule has 0 saturated heterocycles. The number of amides is 1. The average Bonchev–Trinajstić information content (AvgIpc) is 3.72. The Hall–Kier alpha value is -2.64. The predicted molar refractivity (Wildman–Crippen MR) is 162 cm³/mol. The molecular formula is C33H35Cl2N3O3. The maximum atomic E-state index is 13.4. The number of likely N-dealkylation sites (N-methyl/N-ethyl adjacent to an activating group) is 1. The maximum absolute atomic E-state index is 13.4. The Morgan fingerprint density at radius 3 is 2.56 bits per heavy atom. The number of fused-ring (bicyclic) bond motifs is 2. The van der Waals surface area contributed by atoms with Crippen molar-refractivity contribution in [2.75, 3.05) is 25.5 Å². The van der Waals surface area contributed by atoms with Crippen LogP contribution >= 0.6 is 23.2 Å². The van der Waals surface area contributed by atoms with Crippen molar-refractivity contribution in [2.24, 2.45) is 17.8 Å². The lowest BCUT2D eigenvalue weighted by Gasteiger charge is -2.51. The normalized spacial score (nSPS) is 25.9. The first-order valence-corrected chi connectivity index (χ1v) is 15.5. The summed E-state index contributed by atoms with van der Waals surface area (Å²) in [5.74, 6) is 2.18. The van der Waals surface area contributed by atoms with E-state index in [4.69, 9.17) is 32.5 Å². The van der Waals surface area contributed by atoms with E-state index in [1.54, 1.807) is 0 Å². The van der Waals surface area contributed by atoms with E-state index in [0.717, 1.165) is 68.6 Å². The zero-order chi connectivity index (χ0) is 28.1. The van der Waals surface area contributed by atoms with E-state index in [1.165, 1.54) is 11.1 Å². The summed E-state index contributed by atoms with van der Waals surface area (Å²) in [6.45, 7) is 2.44. The molecule has 8 rings (SSSR count). The molecule has 5 aliphatic rings. The molecule has 8 heteroatoms. The van der Waals surface area contributed by atoms with E-state index < -0.39 is 0 Å². The summed E-state index contributed by atoms with van der Waals surface area (Å²) < 4.78 is 12.3.